The summed E-state index contributed by atoms with van der Waals surface area (Å²) in [6, 6.07) is 1.72. The number of ether oxygens (including phenoxy) is 3. The zero-order valence-corrected chi connectivity index (χ0v) is 15.8. The van der Waals surface area contributed by atoms with Crippen LogP contribution in [0.25, 0.3) is 0 Å². The van der Waals surface area contributed by atoms with Crippen LogP contribution in [0.4, 0.5) is 4.79 Å². The zero-order chi connectivity index (χ0) is 19.6. The average molecular weight is 397 g/mol. The topological polar surface area (TPSA) is 106 Å². The Kier molecular flexibility index (Phi) is 5.76. The van der Waals surface area contributed by atoms with Crippen molar-refractivity contribution in [2.24, 2.45) is 0 Å². The Labute approximate surface area is 161 Å². The van der Waals surface area contributed by atoms with Crippen molar-refractivity contribution >= 4 is 23.6 Å². The Bertz CT molecular complexity index is 788. The summed E-state index contributed by atoms with van der Waals surface area (Å²) in [7, 11) is 1.38. The molecule has 3 rings (SSSR count). The van der Waals surface area contributed by atoms with E-state index >= 15 is 0 Å². The summed E-state index contributed by atoms with van der Waals surface area (Å²) < 4.78 is 16.0. The van der Waals surface area contributed by atoms with Crippen molar-refractivity contribution < 1.29 is 28.9 Å². The maximum atomic E-state index is 12.7. The maximum absolute atomic E-state index is 12.7. The van der Waals surface area contributed by atoms with Gasteiger partial charge in [-0.2, -0.15) is 0 Å². The second-order valence-electron chi connectivity index (χ2n) is 6.36. The van der Waals surface area contributed by atoms with Gasteiger partial charge in [-0.15, -0.1) is 0 Å². The highest BCUT2D eigenvalue weighted by molar-refractivity contribution is 6.32. The Morgan fingerprint density at radius 2 is 2.22 bits per heavy atom. The fraction of sp³-hybridized carbons (Fsp3) is 0.444. The van der Waals surface area contributed by atoms with Gasteiger partial charge in [0.15, 0.2) is 11.5 Å². The number of halogens is 1. The number of rotatable bonds is 5. The van der Waals surface area contributed by atoms with Crippen LogP contribution < -0.4 is 15.4 Å². The first kappa shape index (κ1) is 19.3. The summed E-state index contributed by atoms with van der Waals surface area (Å²) in [6.07, 6.45) is 1.67. The summed E-state index contributed by atoms with van der Waals surface area (Å²) in [6.45, 7) is 2.43. The molecule has 1 aromatic carbocycles. The molecule has 0 saturated carbocycles. The van der Waals surface area contributed by atoms with E-state index in [9.17, 15) is 14.7 Å². The third kappa shape index (κ3) is 4.12. The van der Waals surface area contributed by atoms with Crippen LogP contribution in [-0.2, 0) is 14.3 Å². The van der Waals surface area contributed by atoms with E-state index in [4.69, 9.17) is 25.8 Å². The van der Waals surface area contributed by atoms with Crippen molar-refractivity contribution in [3.63, 3.8) is 0 Å². The lowest BCUT2D eigenvalue weighted by Crippen LogP contribution is -2.45. The number of allylic oxidation sites excluding steroid dienone is 1. The van der Waals surface area contributed by atoms with Crippen LogP contribution in [0, 0.1) is 0 Å². The minimum Gasteiger partial charge on any atom is -0.503 e. The zero-order valence-electron chi connectivity index (χ0n) is 15.0. The van der Waals surface area contributed by atoms with Crippen LogP contribution in [0.3, 0.4) is 0 Å². The first-order valence-corrected chi connectivity index (χ1v) is 8.92. The minimum absolute atomic E-state index is 0.0434. The molecule has 0 spiro atoms. The number of methoxy groups -OCH3 is 1. The van der Waals surface area contributed by atoms with Crippen molar-refractivity contribution in [2.75, 3.05) is 20.3 Å². The first-order chi connectivity index (χ1) is 12.9. The second kappa shape index (κ2) is 8.06. The maximum Gasteiger partial charge on any atom is 0.338 e. The molecular weight excluding hydrogens is 376 g/mol. The number of carbonyl (C=O) groups excluding carboxylic acids is 2. The molecule has 146 valence electrons. The Hall–Kier alpha value is -2.45. The van der Waals surface area contributed by atoms with Crippen LogP contribution in [0.2, 0.25) is 5.02 Å². The molecule has 1 saturated heterocycles. The molecule has 0 aliphatic carbocycles. The molecule has 1 fully saturated rings. The lowest BCUT2D eigenvalue weighted by atomic mass is 9.95. The summed E-state index contributed by atoms with van der Waals surface area (Å²) in [5.41, 5.74) is 1.11. The molecule has 1 aromatic rings. The summed E-state index contributed by atoms with van der Waals surface area (Å²) in [4.78, 5) is 24.7. The van der Waals surface area contributed by atoms with Gasteiger partial charge in [-0.05, 0) is 37.5 Å². The van der Waals surface area contributed by atoms with E-state index in [2.05, 4.69) is 10.6 Å². The number of hydrogen-bond acceptors (Lipinski definition) is 6. The van der Waals surface area contributed by atoms with Crippen LogP contribution in [-0.4, -0.2) is 43.5 Å². The van der Waals surface area contributed by atoms with E-state index in [0.717, 1.165) is 12.8 Å². The molecule has 0 aromatic heterocycles. The van der Waals surface area contributed by atoms with Crippen molar-refractivity contribution in [1.82, 2.24) is 10.6 Å². The molecular formula is C18H21ClN2O6. The largest absolute Gasteiger partial charge is 0.503 e. The number of hydrogen-bond donors (Lipinski definition) is 3. The Morgan fingerprint density at radius 1 is 1.44 bits per heavy atom. The van der Waals surface area contributed by atoms with Crippen LogP contribution >= 0.6 is 11.6 Å². The highest BCUT2D eigenvalue weighted by atomic mass is 35.5. The third-order valence-electron chi connectivity index (χ3n) is 4.52. The highest BCUT2D eigenvalue weighted by Gasteiger charge is 2.33. The molecule has 2 aliphatic rings. The van der Waals surface area contributed by atoms with Crippen molar-refractivity contribution in [1.29, 1.82) is 0 Å². The van der Waals surface area contributed by atoms with Crippen LogP contribution in [0.1, 0.15) is 31.4 Å². The van der Waals surface area contributed by atoms with E-state index in [0.29, 0.717) is 17.9 Å². The molecule has 2 atom stereocenters. The fourth-order valence-electron chi connectivity index (χ4n) is 3.15. The number of phenols is 1. The number of phenolic OH excluding ortho intramolecular Hbond substituents is 1. The highest BCUT2D eigenvalue weighted by Crippen LogP contribution is 2.39. The van der Waals surface area contributed by atoms with Gasteiger partial charge in [0, 0.05) is 12.3 Å². The van der Waals surface area contributed by atoms with Gasteiger partial charge < -0.3 is 30.0 Å². The predicted octanol–water partition coefficient (Wildman–Crippen LogP) is 2.40. The van der Waals surface area contributed by atoms with E-state index < -0.39 is 18.0 Å². The van der Waals surface area contributed by atoms with Gasteiger partial charge in [-0.3, -0.25) is 0 Å². The van der Waals surface area contributed by atoms with E-state index in [1.165, 1.54) is 19.2 Å². The van der Waals surface area contributed by atoms with E-state index in [1.54, 1.807) is 6.92 Å². The number of amides is 2. The molecule has 27 heavy (non-hydrogen) atoms. The van der Waals surface area contributed by atoms with Gasteiger partial charge in [-0.1, -0.05) is 11.6 Å². The Balaban J connectivity index is 1.89. The third-order valence-corrected chi connectivity index (χ3v) is 4.81. The molecule has 0 bridgehead atoms. The van der Waals surface area contributed by atoms with Gasteiger partial charge in [0.2, 0.25) is 0 Å². The Morgan fingerprint density at radius 3 is 2.89 bits per heavy atom. The monoisotopic (exact) mass is 396 g/mol. The van der Waals surface area contributed by atoms with Gasteiger partial charge in [0.1, 0.15) is 6.61 Å². The van der Waals surface area contributed by atoms with Gasteiger partial charge in [0.25, 0.3) is 0 Å². The van der Waals surface area contributed by atoms with Crippen molar-refractivity contribution in [3.8, 4) is 11.5 Å². The number of carbonyl (C=O) groups is 2. The quantitative estimate of drug-likeness (QED) is 0.660. The van der Waals surface area contributed by atoms with Crippen molar-refractivity contribution in [2.45, 2.75) is 31.9 Å². The van der Waals surface area contributed by atoms with Crippen LogP contribution in [0.15, 0.2) is 23.4 Å². The molecule has 9 heteroatoms. The van der Waals surface area contributed by atoms with Crippen molar-refractivity contribution in [3.05, 3.63) is 34.0 Å². The van der Waals surface area contributed by atoms with Gasteiger partial charge >= 0.3 is 12.0 Å². The molecule has 3 N–H and O–H groups in total. The number of esters is 1. The van der Waals surface area contributed by atoms with E-state index in [1.807, 2.05) is 0 Å². The lowest BCUT2D eigenvalue weighted by molar-refractivity contribution is -0.142. The molecule has 8 nitrogen and oxygen atoms in total. The SMILES string of the molecule is COc1cc(C2NC(=O)NC(C)=C2C(=O)OCC2CCCO2)cc(Cl)c1O. The molecule has 2 unspecified atom stereocenters. The van der Waals surface area contributed by atoms with Gasteiger partial charge in [0.05, 0.1) is 29.9 Å². The average Bonchev–Trinajstić information content (AvgIpc) is 3.14. The number of nitrogens with one attached hydrogen (secondary N) is 2. The smallest absolute Gasteiger partial charge is 0.338 e. The molecule has 2 heterocycles. The second-order valence-corrected chi connectivity index (χ2v) is 6.76. The molecule has 2 amide bonds. The van der Waals surface area contributed by atoms with E-state index in [-0.39, 0.29) is 34.8 Å². The number of urea groups is 1. The van der Waals surface area contributed by atoms with Gasteiger partial charge in [-0.25, -0.2) is 9.59 Å². The summed E-state index contributed by atoms with van der Waals surface area (Å²) in [5.74, 6) is -0.648. The number of benzene rings is 1. The minimum atomic E-state index is -0.803. The predicted molar refractivity (Wildman–Crippen MR) is 96.7 cm³/mol. The van der Waals surface area contributed by atoms with Crippen LogP contribution in [0.5, 0.6) is 11.5 Å². The standard InChI is InChI=1S/C18H21ClN2O6/c1-9-14(17(23)27-8-11-4-3-5-26-11)15(21-18(24)20-9)10-6-12(19)16(22)13(7-10)25-2/h6-7,11,15,22H,3-5,8H2,1-2H3,(H2,20,21,24). The lowest BCUT2D eigenvalue weighted by Gasteiger charge is -2.28. The summed E-state index contributed by atoms with van der Waals surface area (Å²) in [5, 5.41) is 15.2. The number of aromatic hydroxyl groups is 1. The normalized spacial score (nSPS) is 22.3. The molecule has 0 radical (unpaired) electrons. The summed E-state index contributed by atoms with van der Waals surface area (Å²) >= 11 is 6.06. The first-order valence-electron chi connectivity index (χ1n) is 8.54. The molecule has 2 aliphatic heterocycles. The fourth-order valence-corrected chi connectivity index (χ4v) is 3.37.